The summed E-state index contributed by atoms with van der Waals surface area (Å²) in [4.78, 5) is 1.19. The van der Waals surface area contributed by atoms with E-state index in [1.54, 1.807) is 11.3 Å². The van der Waals surface area contributed by atoms with E-state index in [4.69, 9.17) is 4.74 Å². The average molecular weight is 227 g/mol. The summed E-state index contributed by atoms with van der Waals surface area (Å²) in [5, 5.41) is 14.7. The number of ether oxygens (including phenoxy) is 1. The molecule has 2 atom stereocenters. The summed E-state index contributed by atoms with van der Waals surface area (Å²) in [6.07, 6.45) is 2.63. The van der Waals surface area contributed by atoms with Crippen LogP contribution < -0.4 is 5.32 Å². The molecule has 2 heterocycles. The third kappa shape index (κ3) is 3.01. The number of aliphatic hydroxyl groups excluding tert-OH is 1. The minimum absolute atomic E-state index is 0.0641. The first-order chi connectivity index (χ1) is 7.40. The zero-order valence-electron chi connectivity index (χ0n) is 8.69. The zero-order chi connectivity index (χ0) is 10.5. The van der Waals surface area contributed by atoms with E-state index in [0.717, 1.165) is 26.0 Å². The van der Waals surface area contributed by atoms with Crippen molar-refractivity contribution in [3.8, 4) is 0 Å². The van der Waals surface area contributed by atoms with Crippen molar-refractivity contribution in [2.24, 2.45) is 0 Å². The molecule has 84 valence electrons. The maximum Gasteiger partial charge on any atom is 0.0700 e. The predicted octanol–water partition coefficient (Wildman–Crippen LogP) is 1.55. The Balaban J connectivity index is 1.80. The monoisotopic (exact) mass is 227 g/mol. The number of rotatable bonds is 5. The fourth-order valence-corrected chi connectivity index (χ4v) is 2.62. The van der Waals surface area contributed by atoms with Gasteiger partial charge in [0, 0.05) is 18.0 Å². The van der Waals surface area contributed by atoms with Crippen LogP contribution in [0.2, 0.25) is 0 Å². The molecule has 2 unspecified atom stereocenters. The van der Waals surface area contributed by atoms with Gasteiger partial charge in [-0.1, -0.05) is 6.07 Å². The summed E-state index contributed by atoms with van der Waals surface area (Å²) in [6.45, 7) is 1.87. The summed E-state index contributed by atoms with van der Waals surface area (Å²) < 4.78 is 5.52. The van der Waals surface area contributed by atoms with Crippen molar-refractivity contribution in [2.45, 2.75) is 25.0 Å². The van der Waals surface area contributed by atoms with Gasteiger partial charge in [-0.25, -0.2) is 0 Å². The van der Waals surface area contributed by atoms with Gasteiger partial charge in [0.15, 0.2) is 0 Å². The van der Waals surface area contributed by atoms with Gasteiger partial charge in [-0.2, -0.15) is 0 Å². The molecule has 0 radical (unpaired) electrons. The Morgan fingerprint density at radius 2 is 2.60 bits per heavy atom. The Hall–Kier alpha value is -0.420. The molecule has 1 aromatic rings. The van der Waals surface area contributed by atoms with Crippen LogP contribution in [-0.2, 0) is 4.74 Å². The Kier molecular flexibility index (Phi) is 4.14. The van der Waals surface area contributed by atoms with Gasteiger partial charge in [-0.15, -0.1) is 11.3 Å². The van der Waals surface area contributed by atoms with Crippen molar-refractivity contribution in [2.75, 3.05) is 19.8 Å². The van der Waals surface area contributed by atoms with Crippen LogP contribution in [0.1, 0.15) is 23.8 Å². The van der Waals surface area contributed by atoms with Crippen molar-refractivity contribution in [1.29, 1.82) is 0 Å². The summed E-state index contributed by atoms with van der Waals surface area (Å²) in [6, 6.07) is 4.12. The Morgan fingerprint density at radius 1 is 1.67 bits per heavy atom. The number of aliphatic hydroxyl groups is 1. The minimum atomic E-state index is 0.0641. The first-order valence-corrected chi connectivity index (χ1v) is 6.27. The Bertz CT molecular complexity index is 270. The lowest BCUT2D eigenvalue weighted by molar-refractivity contribution is 0.104. The molecule has 0 aliphatic carbocycles. The van der Waals surface area contributed by atoms with E-state index in [-0.39, 0.29) is 12.6 Å². The van der Waals surface area contributed by atoms with Crippen LogP contribution in [0.4, 0.5) is 0 Å². The number of thiophene rings is 1. The second kappa shape index (κ2) is 5.61. The smallest absolute Gasteiger partial charge is 0.0700 e. The lowest BCUT2D eigenvalue weighted by atomic mass is 10.2. The summed E-state index contributed by atoms with van der Waals surface area (Å²) >= 11 is 1.67. The molecule has 1 saturated heterocycles. The highest BCUT2D eigenvalue weighted by atomic mass is 32.1. The van der Waals surface area contributed by atoms with Crippen molar-refractivity contribution in [3.05, 3.63) is 22.4 Å². The third-order valence-electron chi connectivity index (χ3n) is 2.69. The first kappa shape index (κ1) is 11.1. The Morgan fingerprint density at radius 3 is 3.20 bits per heavy atom. The van der Waals surface area contributed by atoms with E-state index < -0.39 is 0 Å². The van der Waals surface area contributed by atoms with Gasteiger partial charge in [-0.05, 0) is 24.3 Å². The maximum atomic E-state index is 9.28. The molecule has 2 rings (SSSR count). The van der Waals surface area contributed by atoms with E-state index in [2.05, 4.69) is 5.32 Å². The van der Waals surface area contributed by atoms with Gasteiger partial charge in [0.2, 0.25) is 0 Å². The number of nitrogens with one attached hydrogen (secondary N) is 1. The summed E-state index contributed by atoms with van der Waals surface area (Å²) in [7, 11) is 0. The molecule has 1 aliphatic heterocycles. The van der Waals surface area contributed by atoms with Crippen LogP contribution in [0.5, 0.6) is 0 Å². The molecule has 2 N–H and O–H groups in total. The lowest BCUT2D eigenvalue weighted by Gasteiger charge is -2.17. The lowest BCUT2D eigenvalue weighted by Crippen LogP contribution is -2.31. The largest absolute Gasteiger partial charge is 0.394 e. The topological polar surface area (TPSA) is 41.5 Å². The van der Waals surface area contributed by atoms with Gasteiger partial charge in [0.1, 0.15) is 0 Å². The normalized spacial score (nSPS) is 23.1. The van der Waals surface area contributed by atoms with E-state index in [1.165, 1.54) is 4.88 Å². The number of hydrogen-bond acceptors (Lipinski definition) is 4. The molecule has 1 aromatic heterocycles. The van der Waals surface area contributed by atoms with Gasteiger partial charge in [0.25, 0.3) is 0 Å². The second-order valence-electron chi connectivity index (χ2n) is 3.79. The van der Waals surface area contributed by atoms with Crippen LogP contribution in [0.15, 0.2) is 17.5 Å². The fourth-order valence-electron chi connectivity index (χ4n) is 1.82. The molecule has 3 nitrogen and oxygen atoms in total. The van der Waals surface area contributed by atoms with Crippen LogP contribution in [0, 0.1) is 0 Å². The molecular weight excluding hydrogens is 210 g/mol. The SMILES string of the molecule is OCC(NCC1CCCO1)c1cccs1. The molecule has 4 heteroatoms. The molecule has 1 aliphatic rings. The van der Waals surface area contributed by atoms with Crippen molar-refractivity contribution in [1.82, 2.24) is 5.32 Å². The fraction of sp³-hybridized carbons (Fsp3) is 0.636. The third-order valence-corrected chi connectivity index (χ3v) is 3.67. The quantitative estimate of drug-likeness (QED) is 0.802. The van der Waals surface area contributed by atoms with Crippen LogP contribution in [-0.4, -0.2) is 31.0 Å². The minimum Gasteiger partial charge on any atom is -0.394 e. The molecule has 0 bridgehead atoms. The van der Waals surface area contributed by atoms with Gasteiger partial charge >= 0.3 is 0 Å². The van der Waals surface area contributed by atoms with Gasteiger partial charge < -0.3 is 15.2 Å². The maximum absolute atomic E-state index is 9.28. The second-order valence-corrected chi connectivity index (χ2v) is 4.77. The summed E-state index contributed by atoms with van der Waals surface area (Å²) in [5.74, 6) is 0. The predicted molar refractivity (Wildman–Crippen MR) is 61.1 cm³/mol. The highest BCUT2D eigenvalue weighted by Crippen LogP contribution is 2.19. The van der Waals surface area contributed by atoms with Crippen molar-refractivity contribution in [3.63, 3.8) is 0 Å². The van der Waals surface area contributed by atoms with Crippen molar-refractivity contribution >= 4 is 11.3 Å². The van der Waals surface area contributed by atoms with Crippen LogP contribution in [0.25, 0.3) is 0 Å². The molecule has 0 aromatic carbocycles. The summed E-state index contributed by atoms with van der Waals surface area (Å²) in [5.41, 5.74) is 0. The van der Waals surface area contributed by atoms with Crippen LogP contribution in [0.3, 0.4) is 0 Å². The first-order valence-electron chi connectivity index (χ1n) is 5.39. The Labute approximate surface area is 94.1 Å². The average Bonchev–Trinajstić information content (AvgIpc) is 2.90. The van der Waals surface area contributed by atoms with Gasteiger partial charge in [0.05, 0.1) is 18.8 Å². The molecule has 0 spiro atoms. The molecular formula is C11H17NO2S. The van der Waals surface area contributed by atoms with E-state index in [0.29, 0.717) is 6.10 Å². The van der Waals surface area contributed by atoms with Crippen molar-refractivity contribution < 1.29 is 9.84 Å². The standard InChI is InChI=1S/C11H17NO2S/c13-8-10(11-4-2-6-15-11)12-7-9-3-1-5-14-9/h2,4,6,9-10,12-13H,1,3,5,7-8H2. The highest BCUT2D eigenvalue weighted by Gasteiger charge is 2.18. The van der Waals surface area contributed by atoms with Crippen LogP contribution >= 0.6 is 11.3 Å². The van der Waals surface area contributed by atoms with E-state index in [1.807, 2.05) is 17.5 Å². The zero-order valence-corrected chi connectivity index (χ0v) is 9.50. The van der Waals surface area contributed by atoms with Gasteiger partial charge in [-0.3, -0.25) is 0 Å². The van der Waals surface area contributed by atoms with E-state index in [9.17, 15) is 5.11 Å². The number of hydrogen-bond donors (Lipinski definition) is 2. The molecule has 15 heavy (non-hydrogen) atoms. The highest BCUT2D eigenvalue weighted by molar-refractivity contribution is 7.10. The molecule has 1 fully saturated rings. The van der Waals surface area contributed by atoms with E-state index >= 15 is 0 Å². The molecule has 0 amide bonds. The molecule has 0 saturated carbocycles.